The highest BCUT2D eigenvalue weighted by molar-refractivity contribution is 7.33. The second-order valence-electron chi connectivity index (χ2n) is 4.40. The predicted octanol–water partition coefficient (Wildman–Crippen LogP) is 3.90. The van der Waals surface area contributed by atoms with Crippen molar-refractivity contribution in [2.75, 3.05) is 6.61 Å². The first-order valence-electron chi connectivity index (χ1n) is 6.73. The van der Waals surface area contributed by atoms with Crippen LogP contribution < -0.4 is 9.26 Å². The standard InChI is InChI=1S/C14H15N2O6P/c1-3-20-23(19)22-13-9-12(10(2)8-11(13)16(17)18)21-14-6-4-5-7-15-14/h4-9,23H,3H2,1-2H3. The Labute approximate surface area is 133 Å². The van der Waals surface area contributed by atoms with Gasteiger partial charge in [-0.05, 0) is 25.5 Å². The SMILES string of the molecule is CCO[PH](=O)Oc1cc(Oc2ccccn2)c(C)cc1[N+](=O)[O-]. The summed E-state index contributed by atoms with van der Waals surface area (Å²) in [5, 5.41) is 11.1. The first kappa shape index (κ1) is 16.9. The molecule has 0 saturated heterocycles. The molecule has 1 aromatic carbocycles. The van der Waals surface area contributed by atoms with Gasteiger partial charge in [0.1, 0.15) is 5.75 Å². The van der Waals surface area contributed by atoms with Gasteiger partial charge in [0.05, 0.1) is 11.5 Å². The molecule has 0 amide bonds. The summed E-state index contributed by atoms with van der Waals surface area (Å²) in [4.78, 5) is 14.5. The third-order valence-electron chi connectivity index (χ3n) is 2.76. The summed E-state index contributed by atoms with van der Waals surface area (Å²) < 4.78 is 27.1. The normalized spacial score (nSPS) is 11.7. The van der Waals surface area contributed by atoms with Crippen molar-refractivity contribution in [1.82, 2.24) is 4.98 Å². The minimum absolute atomic E-state index is 0.175. The van der Waals surface area contributed by atoms with Crippen molar-refractivity contribution >= 4 is 13.9 Å². The van der Waals surface area contributed by atoms with Gasteiger partial charge >= 0.3 is 13.9 Å². The van der Waals surface area contributed by atoms with Crippen molar-refractivity contribution in [1.29, 1.82) is 0 Å². The van der Waals surface area contributed by atoms with Gasteiger partial charge in [0.25, 0.3) is 0 Å². The number of nitro benzene ring substituents is 1. The van der Waals surface area contributed by atoms with E-state index in [1.807, 2.05) is 0 Å². The number of hydrogen-bond donors (Lipinski definition) is 0. The molecule has 0 fully saturated rings. The Bertz CT molecular complexity index is 723. The van der Waals surface area contributed by atoms with E-state index < -0.39 is 13.2 Å². The van der Waals surface area contributed by atoms with Crippen LogP contribution in [0.1, 0.15) is 12.5 Å². The van der Waals surface area contributed by atoms with Crippen LogP contribution in [-0.2, 0) is 9.09 Å². The number of aromatic nitrogens is 1. The van der Waals surface area contributed by atoms with E-state index in [2.05, 4.69) is 4.98 Å². The molecule has 23 heavy (non-hydrogen) atoms. The molecule has 1 aromatic heterocycles. The summed E-state index contributed by atoms with van der Waals surface area (Å²) in [6.07, 6.45) is 1.56. The lowest BCUT2D eigenvalue weighted by Gasteiger charge is -2.11. The van der Waals surface area contributed by atoms with E-state index in [0.29, 0.717) is 17.2 Å². The van der Waals surface area contributed by atoms with Crippen molar-refractivity contribution in [2.45, 2.75) is 13.8 Å². The monoisotopic (exact) mass is 338 g/mol. The molecule has 0 saturated carbocycles. The van der Waals surface area contributed by atoms with E-state index in [-0.39, 0.29) is 18.0 Å². The maximum atomic E-state index is 11.6. The van der Waals surface area contributed by atoms with E-state index in [0.717, 1.165) is 0 Å². The van der Waals surface area contributed by atoms with Gasteiger partial charge in [-0.2, -0.15) is 0 Å². The average Bonchev–Trinajstić information content (AvgIpc) is 2.51. The quantitative estimate of drug-likeness (QED) is 0.429. The van der Waals surface area contributed by atoms with Crippen molar-refractivity contribution in [3.8, 4) is 17.4 Å². The van der Waals surface area contributed by atoms with Gasteiger partial charge < -0.3 is 13.8 Å². The van der Waals surface area contributed by atoms with E-state index in [1.54, 1.807) is 38.2 Å². The molecule has 1 unspecified atom stereocenters. The maximum absolute atomic E-state index is 11.6. The zero-order valence-corrected chi connectivity index (χ0v) is 13.5. The third-order valence-corrected chi connectivity index (χ3v) is 3.67. The van der Waals surface area contributed by atoms with Crippen LogP contribution in [0.5, 0.6) is 17.4 Å². The summed E-state index contributed by atoms with van der Waals surface area (Å²) in [6, 6.07) is 7.72. The third kappa shape index (κ3) is 4.51. The summed E-state index contributed by atoms with van der Waals surface area (Å²) in [7, 11) is -2.87. The van der Waals surface area contributed by atoms with Crippen molar-refractivity contribution in [3.05, 3.63) is 52.2 Å². The molecule has 2 aromatic rings. The molecule has 0 N–H and O–H groups in total. The van der Waals surface area contributed by atoms with E-state index in [9.17, 15) is 14.7 Å². The molecule has 122 valence electrons. The number of pyridine rings is 1. The van der Waals surface area contributed by atoms with Crippen LogP contribution in [0.2, 0.25) is 0 Å². The molecular weight excluding hydrogens is 323 g/mol. The van der Waals surface area contributed by atoms with Crippen molar-refractivity contribution < 1.29 is 23.3 Å². The molecule has 1 heterocycles. The minimum Gasteiger partial charge on any atom is -0.439 e. The highest BCUT2D eigenvalue weighted by atomic mass is 31.1. The van der Waals surface area contributed by atoms with Crippen LogP contribution in [0, 0.1) is 17.0 Å². The van der Waals surface area contributed by atoms with Gasteiger partial charge in [-0.25, -0.2) is 9.55 Å². The zero-order chi connectivity index (χ0) is 16.8. The highest BCUT2D eigenvalue weighted by Gasteiger charge is 2.21. The van der Waals surface area contributed by atoms with Gasteiger partial charge in [-0.15, -0.1) is 0 Å². The molecule has 2 rings (SSSR count). The van der Waals surface area contributed by atoms with Crippen LogP contribution in [0.15, 0.2) is 36.5 Å². The van der Waals surface area contributed by atoms with Gasteiger partial charge in [0.15, 0.2) is 0 Å². The van der Waals surface area contributed by atoms with Crippen LogP contribution >= 0.6 is 8.25 Å². The Hall–Kier alpha value is -2.44. The molecule has 0 aliphatic rings. The molecular formula is C14H15N2O6P. The van der Waals surface area contributed by atoms with Gasteiger partial charge in [0.2, 0.25) is 11.6 Å². The van der Waals surface area contributed by atoms with Gasteiger partial charge in [0, 0.05) is 24.4 Å². The number of nitro groups is 1. The smallest absolute Gasteiger partial charge is 0.368 e. The largest absolute Gasteiger partial charge is 0.439 e. The Kier molecular flexibility index (Phi) is 5.67. The number of nitrogens with zero attached hydrogens (tertiary/aromatic N) is 2. The summed E-state index contributed by atoms with van der Waals surface area (Å²) in [6.45, 7) is 3.47. The lowest BCUT2D eigenvalue weighted by molar-refractivity contribution is -0.385. The average molecular weight is 338 g/mol. The fourth-order valence-corrected chi connectivity index (χ4v) is 2.38. The molecule has 0 bridgehead atoms. The van der Waals surface area contributed by atoms with Crippen LogP contribution in [0.4, 0.5) is 5.69 Å². The van der Waals surface area contributed by atoms with Crippen LogP contribution in [0.25, 0.3) is 0 Å². The number of rotatable bonds is 7. The Morgan fingerprint density at radius 1 is 1.30 bits per heavy atom. The molecule has 9 heteroatoms. The molecule has 0 aliphatic carbocycles. The Balaban J connectivity index is 2.36. The molecule has 0 spiro atoms. The summed E-state index contributed by atoms with van der Waals surface area (Å²) >= 11 is 0. The van der Waals surface area contributed by atoms with Crippen molar-refractivity contribution in [3.63, 3.8) is 0 Å². The summed E-state index contributed by atoms with van der Waals surface area (Å²) in [5.41, 5.74) is 0.208. The lowest BCUT2D eigenvalue weighted by Crippen LogP contribution is -1.97. The number of aryl methyl sites for hydroxylation is 1. The second kappa shape index (κ2) is 7.71. The number of benzene rings is 1. The molecule has 0 radical (unpaired) electrons. The van der Waals surface area contributed by atoms with E-state index >= 15 is 0 Å². The lowest BCUT2D eigenvalue weighted by atomic mass is 10.2. The number of hydrogen-bond acceptors (Lipinski definition) is 7. The zero-order valence-electron chi connectivity index (χ0n) is 12.5. The maximum Gasteiger partial charge on any atom is 0.368 e. The van der Waals surface area contributed by atoms with Gasteiger partial charge in [-0.1, -0.05) is 6.07 Å². The first-order chi connectivity index (χ1) is 11.0. The fourth-order valence-electron chi connectivity index (χ4n) is 1.75. The fraction of sp³-hybridized carbons (Fsp3) is 0.214. The highest BCUT2D eigenvalue weighted by Crippen LogP contribution is 2.40. The summed E-state index contributed by atoms with van der Waals surface area (Å²) in [5.74, 6) is 0.465. The van der Waals surface area contributed by atoms with Gasteiger partial charge in [-0.3, -0.25) is 10.1 Å². The predicted molar refractivity (Wildman–Crippen MR) is 83.4 cm³/mol. The Morgan fingerprint density at radius 2 is 2.09 bits per heavy atom. The topological polar surface area (TPSA) is 101 Å². The first-order valence-corrected chi connectivity index (χ1v) is 7.96. The Morgan fingerprint density at radius 3 is 2.70 bits per heavy atom. The molecule has 1 atom stereocenters. The van der Waals surface area contributed by atoms with Crippen LogP contribution in [-0.4, -0.2) is 16.5 Å². The minimum atomic E-state index is -2.87. The van der Waals surface area contributed by atoms with Crippen LogP contribution in [0.3, 0.4) is 0 Å². The van der Waals surface area contributed by atoms with Crippen molar-refractivity contribution in [2.24, 2.45) is 0 Å². The molecule has 0 aliphatic heterocycles. The van der Waals surface area contributed by atoms with E-state index in [4.69, 9.17) is 13.8 Å². The second-order valence-corrected chi connectivity index (χ2v) is 5.39. The van der Waals surface area contributed by atoms with E-state index in [1.165, 1.54) is 12.1 Å². The molecule has 8 nitrogen and oxygen atoms in total. The number of ether oxygens (including phenoxy) is 1.